The van der Waals surface area contributed by atoms with Gasteiger partial charge in [-0.3, -0.25) is 9.69 Å². The SMILES string of the molecule is CCCCOc1ccc(NC(=O)CN2CCC3(CCCO3)C(OC)C2)cc1. The number of hydrogen-bond donors (Lipinski definition) is 1. The molecule has 2 fully saturated rings. The molecule has 2 saturated heterocycles. The number of benzene rings is 1. The molecule has 3 rings (SSSR count). The summed E-state index contributed by atoms with van der Waals surface area (Å²) in [6, 6.07) is 7.56. The average molecular weight is 376 g/mol. The largest absolute Gasteiger partial charge is 0.494 e. The van der Waals surface area contributed by atoms with Gasteiger partial charge < -0.3 is 19.5 Å². The van der Waals surface area contributed by atoms with Crippen LogP contribution in [-0.4, -0.2) is 62.5 Å². The van der Waals surface area contributed by atoms with E-state index >= 15 is 0 Å². The summed E-state index contributed by atoms with van der Waals surface area (Å²) in [6.07, 6.45) is 5.26. The van der Waals surface area contributed by atoms with Gasteiger partial charge in [0, 0.05) is 32.5 Å². The molecular weight excluding hydrogens is 344 g/mol. The summed E-state index contributed by atoms with van der Waals surface area (Å²) >= 11 is 0. The van der Waals surface area contributed by atoms with Gasteiger partial charge in [-0.2, -0.15) is 0 Å². The van der Waals surface area contributed by atoms with Gasteiger partial charge in [0.05, 0.1) is 24.9 Å². The zero-order chi connectivity index (χ0) is 19.1. The first kappa shape index (κ1) is 20.1. The number of anilines is 1. The smallest absolute Gasteiger partial charge is 0.238 e. The van der Waals surface area contributed by atoms with Crippen LogP contribution in [0.2, 0.25) is 0 Å². The molecule has 2 heterocycles. The molecule has 2 aliphatic heterocycles. The van der Waals surface area contributed by atoms with Gasteiger partial charge in [0.2, 0.25) is 5.91 Å². The van der Waals surface area contributed by atoms with Crippen molar-refractivity contribution in [2.45, 2.75) is 50.7 Å². The molecule has 6 heteroatoms. The molecule has 1 aromatic carbocycles. The number of hydrogen-bond acceptors (Lipinski definition) is 5. The number of carbonyl (C=O) groups is 1. The number of nitrogens with one attached hydrogen (secondary N) is 1. The first-order chi connectivity index (χ1) is 13.1. The predicted octanol–water partition coefficient (Wildman–Crippen LogP) is 3.07. The Bertz CT molecular complexity index is 599. The van der Waals surface area contributed by atoms with Crippen molar-refractivity contribution in [2.75, 3.05) is 45.3 Å². The van der Waals surface area contributed by atoms with Gasteiger partial charge in [-0.05, 0) is 49.9 Å². The van der Waals surface area contributed by atoms with Crippen LogP contribution >= 0.6 is 0 Å². The van der Waals surface area contributed by atoms with Crippen LogP contribution in [0.4, 0.5) is 5.69 Å². The van der Waals surface area contributed by atoms with E-state index in [4.69, 9.17) is 14.2 Å². The van der Waals surface area contributed by atoms with E-state index in [1.165, 1.54) is 0 Å². The highest BCUT2D eigenvalue weighted by molar-refractivity contribution is 5.92. The molecule has 0 aliphatic carbocycles. The lowest BCUT2D eigenvalue weighted by molar-refractivity contribution is -0.145. The van der Waals surface area contributed by atoms with E-state index in [0.29, 0.717) is 6.54 Å². The second-order valence-electron chi connectivity index (χ2n) is 7.50. The second kappa shape index (κ2) is 9.53. The minimum Gasteiger partial charge on any atom is -0.494 e. The molecule has 1 spiro atoms. The van der Waals surface area contributed by atoms with Crippen LogP contribution < -0.4 is 10.1 Å². The highest BCUT2D eigenvalue weighted by Gasteiger charge is 2.46. The standard InChI is InChI=1S/C21H32N2O4/c1-3-4-13-26-18-8-6-17(7-9-18)22-20(24)16-23-12-11-21(10-5-14-27-21)19(15-23)25-2/h6-9,19H,3-5,10-16H2,1-2H3,(H,22,24). The molecule has 27 heavy (non-hydrogen) atoms. The van der Waals surface area contributed by atoms with Crippen molar-refractivity contribution in [1.82, 2.24) is 4.90 Å². The minimum absolute atomic E-state index is 0.00667. The van der Waals surface area contributed by atoms with E-state index in [-0.39, 0.29) is 17.6 Å². The maximum absolute atomic E-state index is 12.4. The Kier molecular flexibility index (Phi) is 7.10. The summed E-state index contributed by atoms with van der Waals surface area (Å²) in [5.74, 6) is 0.829. The van der Waals surface area contributed by atoms with E-state index in [1.807, 2.05) is 24.3 Å². The van der Waals surface area contributed by atoms with Crippen LogP contribution in [0.1, 0.15) is 39.0 Å². The number of carbonyl (C=O) groups excluding carboxylic acids is 1. The fourth-order valence-corrected chi connectivity index (χ4v) is 3.98. The highest BCUT2D eigenvalue weighted by atomic mass is 16.5. The third kappa shape index (κ3) is 5.21. The number of nitrogens with zero attached hydrogens (tertiary/aromatic N) is 1. The molecule has 0 bridgehead atoms. The molecule has 0 radical (unpaired) electrons. The number of unbranched alkanes of at least 4 members (excludes halogenated alkanes) is 1. The Morgan fingerprint density at radius 3 is 2.81 bits per heavy atom. The minimum atomic E-state index is -0.144. The van der Waals surface area contributed by atoms with E-state index in [9.17, 15) is 4.79 Å². The van der Waals surface area contributed by atoms with Gasteiger partial charge in [0.1, 0.15) is 5.75 Å². The van der Waals surface area contributed by atoms with Crippen molar-refractivity contribution in [2.24, 2.45) is 0 Å². The Balaban J connectivity index is 1.46. The molecule has 0 aromatic heterocycles. The third-order valence-electron chi connectivity index (χ3n) is 5.55. The Hall–Kier alpha value is -1.63. The zero-order valence-corrected chi connectivity index (χ0v) is 16.5. The Labute approximate surface area is 162 Å². The fraction of sp³-hybridized carbons (Fsp3) is 0.667. The van der Waals surface area contributed by atoms with Gasteiger partial charge in [-0.1, -0.05) is 13.3 Å². The maximum Gasteiger partial charge on any atom is 0.238 e. The highest BCUT2D eigenvalue weighted by Crippen LogP contribution is 2.37. The van der Waals surface area contributed by atoms with Crippen LogP contribution in [0, 0.1) is 0 Å². The first-order valence-electron chi connectivity index (χ1n) is 10.1. The van der Waals surface area contributed by atoms with Gasteiger partial charge in [0.15, 0.2) is 0 Å². The van der Waals surface area contributed by atoms with E-state index < -0.39 is 0 Å². The van der Waals surface area contributed by atoms with Crippen molar-refractivity contribution in [3.05, 3.63) is 24.3 Å². The molecule has 2 aliphatic rings. The van der Waals surface area contributed by atoms with E-state index in [1.54, 1.807) is 7.11 Å². The third-order valence-corrected chi connectivity index (χ3v) is 5.55. The summed E-state index contributed by atoms with van der Waals surface area (Å²) in [5, 5.41) is 2.97. The molecular formula is C21H32N2O4. The fourth-order valence-electron chi connectivity index (χ4n) is 3.98. The van der Waals surface area contributed by atoms with Crippen molar-refractivity contribution >= 4 is 11.6 Å². The zero-order valence-electron chi connectivity index (χ0n) is 16.5. The van der Waals surface area contributed by atoms with Crippen LogP contribution in [0.15, 0.2) is 24.3 Å². The number of piperidine rings is 1. The number of rotatable bonds is 8. The normalized spacial score (nSPS) is 25.6. The van der Waals surface area contributed by atoms with Crippen molar-refractivity contribution in [3.8, 4) is 5.75 Å². The number of amides is 1. The molecule has 2 unspecified atom stereocenters. The van der Waals surface area contributed by atoms with Crippen molar-refractivity contribution in [3.63, 3.8) is 0 Å². The molecule has 1 aromatic rings. The Morgan fingerprint density at radius 1 is 1.33 bits per heavy atom. The van der Waals surface area contributed by atoms with E-state index in [2.05, 4.69) is 17.1 Å². The predicted molar refractivity (Wildman–Crippen MR) is 105 cm³/mol. The van der Waals surface area contributed by atoms with Crippen molar-refractivity contribution in [1.29, 1.82) is 0 Å². The summed E-state index contributed by atoms with van der Waals surface area (Å²) in [4.78, 5) is 14.6. The van der Waals surface area contributed by atoms with Gasteiger partial charge in [-0.25, -0.2) is 0 Å². The maximum atomic E-state index is 12.4. The lowest BCUT2D eigenvalue weighted by Gasteiger charge is -2.44. The molecule has 150 valence electrons. The monoisotopic (exact) mass is 376 g/mol. The number of likely N-dealkylation sites (tertiary alicyclic amines) is 1. The molecule has 1 amide bonds. The summed E-state index contributed by atoms with van der Waals surface area (Å²) in [7, 11) is 1.74. The lowest BCUT2D eigenvalue weighted by atomic mass is 9.86. The lowest BCUT2D eigenvalue weighted by Crippen LogP contribution is -2.57. The summed E-state index contributed by atoms with van der Waals surface area (Å²) in [6.45, 7) is 5.64. The van der Waals surface area contributed by atoms with Crippen LogP contribution in [0.3, 0.4) is 0 Å². The number of ether oxygens (including phenoxy) is 3. The molecule has 1 N–H and O–H groups in total. The van der Waals surface area contributed by atoms with Crippen LogP contribution in [0.5, 0.6) is 5.75 Å². The van der Waals surface area contributed by atoms with Crippen molar-refractivity contribution < 1.29 is 19.0 Å². The summed E-state index contributed by atoms with van der Waals surface area (Å²) < 4.78 is 17.4. The summed E-state index contributed by atoms with van der Waals surface area (Å²) in [5.41, 5.74) is 0.647. The second-order valence-corrected chi connectivity index (χ2v) is 7.50. The quantitative estimate of drug-likeness (QED) is 0.707. The van der Waals surface area contributed by atoms with Crippen LogP contribution in [-0.2, 0) is 14.3 Å². The van der Waals surface area contributed by atoms with Crippen LogP contribution in [0.25, 0.3) is 0 Å². The van der Waals surface area contributed by atoms with Gasteiger partial charge in [-0.15, -0.1) is 0 Å². The number of methoxy groups -OCH3 is 1. The molecule has 6 nitrogen and oxygen atoms in total. The molecule has 0 saturated carbocycles. The Morgan fingerprint density at radius 2 is 2.15 bits per heavy atom. The average Bonchev–Trinajstić information content (AvgIpc) is 3.14. The first-order valence-corrected chi connectivity index (χ1v) is 10.1. The van der Waals surface area contributed by atoms with Gasteiger partial charge in [0.25, 0.3) is 0 Å². The van der Waals surface area contributed by atoms with Gasteiger partial charge >= 0.3 is 0 Å². The topological polar surface area (TPSA) is 60.0 Å². The van der Waals surface area contributed by atoms with E-state index in [0.717, 1.165) is 69.8 Å². The molecule has 2 atom stereocenters.